The van der Waals surface area contributed by atoms with Gasteiger partial charge in [0.2, 0.25) is 0 Å². The molecule has 0 aromatic carbocycles. The molecule has 3 nitrogen and oxygen atoms in total. The Morgan fingerprint density at radius 3 is 2.47 bits per heavy atom. The first kappa shape index (κ1) is 15.6. The molecule has 0 saturated heterocycles. The van der Waals surface area contributed by atoms with E-state index < -0.39 is 47.0 Å². The fourth-order valence-corrected chi connectivity index (χ4v) is 1.53. The Morgan fingerprint density at radius 2 is 2.05 bits per heavy atom. The normalized spacial score (nSPS) is 11.8. The number of hydrogen-bond donors (Lipinski definition) is 0. The van der Waals surface area contributed by atoms with Crippen molar-refractivity contribution in [1.82, 2.24) is 4.98 Å². The van der Waals surface area contributed by atoms with Crippen molar-refractivity contribution < 1.29 is 31.5 Å². The van der Waals surface area contributed by atoms with E-state index in [-0.39, 0.29) is 0 Å². The lowest BCUT2D eigenvalue weighted by atomic mass is 10.1. The molecule has 1 aromatic heterocycles. The van der Waals surface area contributed by atoms with Crippen LogP contribution in [0.5, 0.6) is 0 Å². The molecule has 0 radical (unpaired) electrons. The third-order valence-electron chi connectivity index (χ3n) is 2.11. The van der Waals surface area contributed by atoms with Gasteiger partial charge in [-0.1, -0.05) is 11.6 Å². The van der Waals surface area contributed by atoms with Gasteiger partial charge in [0, 0.05) is 0 Å². The van der Waals surface area contributed by atoms with Gasteiger partial charge >= 0.3 is 12.1 Å². The summed E-state index contributed by atoms with van der Waals surface area (Å²) >= 11 is 5.44. The van der Waals surface area contributed by atoms with Crippen LogP contribution in [0.1, 0.15) is 23.4 Å². The summed E-state index contributed by atoms with van der Waals surface area (Å²) in [6.45, 7) is 0. The Balaban J connectivity index is 3.37. The van der Waals surface area contributed by atoms with E-state index in [0.717, 1.165) is 7.11 Å². The molecule has 0 aliphatic carbocycles. The molecular weight excluding hydrogens is 297 g/mol. The van der Waals surface area contributed by atoms with Crippen LogP contribution in [-0.2, 0) is 22.1 Å². The maximum Gasteiger partial charge on any atom is 0.434 e. The van der Waals surface area contributed by atoms with E-state index >= 15 is 0 Å². The lowest BCUT2D eigenvalue weighted by Crippen LogP contribution is -2.14. The van der Waals surface area contributed by atoms with Gasteiger partial charge in [0.25, 0.3) is 6.43 Å². The zero-order valence-electron chi connectivity index (χ0n) is 9.39. The third-order valence-corrected chi connectivity index (χ3v) is 2.53. The largest absolute Gasteiger partial charge is 0.469 e. The Labute approximate surface area is 109 Å². The van der Waals surface area contributed by atoms with E-state index in [1.807, 2.05) is 0 Å². The molecular formula is C10H7ClF5NO2. The fourth-order valence-electron chi connectivity index (χ4n) is 1.26. The van der Waals surface area contributed by atoms with Crippen LogP contribution in [-0.4, -0.2) is 18.1 Å². The highest BCUT2D eigenvalue weighted by Gasteiger charge is 2.37. The van der Waals surface area contributed by atoms with Gasteiger partial charge in [-0.25, -0.2) is 13.8 Å². The zero-order valence-corrected chi connectivity index (χ0v) is 10.1. The Morgan fingerprint density at radius 1 is 1.47 bits per heavy atom. The average molecular weight is 304 g/mol. The van der Waals surface area contributed by atoms with Crippen molar-refractivity contribution in [3.8, 4) is 0 Å². The SMILES string of the molecule is COC(=O)Cc1cc(C(F)F)nc(C(F)(F)F)c1Cl. The molecule has 0 N–H and O–H groups in total. The fraction of sp³-hybridized carbons (Fsp3) is 0.400. The topological polar surface area (TPSA) is 39.2 Å². The number of alkyl halides is 5. The molecule has 0 spiro atoms. The molecule has 0 unspecified atom stereocenters. The molecule has 0 atom stereocenters. The molecule has 0 aliphatic heterocycles. The van der Waals surface area contributed by atoms with Crippen molar-refractivity contribution in [2.45, 2.75) is 19.0 Å². The number of carbonyl (C=O) groups is 1. The van der Waals surface area contributed by atoms with Crippen LogP contribution in [0, 0.1) is 0 Å². The second-order valence-electron chi connectivity index (χ2n) is 3.42. The number of nitrogens with zero attached hydrogens (tertiary/aromatic N) is 1. The van der Waals surface area contributed by atoms with Gasteiger partial charge in [-0.3, -0.25) is 4.79 Å². The van der Waals surface area contributed by atoms with Crippen molar-refractivity contribution in [2.75, 3.05) is 7.11 Å². The number of carbonyl (C=O) groups excluding carboxylic acids is 1. The van der Waals surface area contributed by atoms with Crippen molar-refractivity contribution in [3.05, 3.63) is 28.0 Å². The lowest BCUT2D eigenvalue weighted by Gasteiger charge is -2.13. The number of aromatic nitrogens is 1. The minimum atomic E-state index is -4.99. The summed E-state index contributed by atoms with van der Waals surface area (Å²) in [6.07, 6.45) is -8.86. The highest BCUT2D eigenvalue weighted by atomic mass is 35.5. The molecule has 0 fully saturated rings. The van der Waals surface area contributed by atoms with Crippen molar-refractivity contribution >= 4 is 17.6 Å². The summed E-state index contributed by atoms with van der Waals surface area (Å²) in [5, 5.41) is -0.887. The maximum absolute atomic E-state index is 12.6. The predicted octanol–water partition coefficient (Wildman–Crippen LogP) is 3.41. The standard InChI is InChI=1S/C10H7ClF5NO2/c1-19-6(18)3-4-2-5(9(12)13)17-8(7(4)11)10(14,15)16/h2,9H,3H2,1H3. The average Bonchev–Trinajstić information content (AvgIpc) is 2.29. The minimum absolute atomic E-state index is 0.411. The second-order valence-corrected chi connectivity index (χ2v) is 3.80. The van der Waals surface area contributed by atoms with Crippen LogP contribution in [0.3, 0.4) is 0 Å². The van der Waals surface area contributed by atoms with Crippen molar-refractivity contribution in [1.29, 1.82) is 0 Å². The number of methoxy groups -OCH3 is 1. The van der Waals surface area contributed by atoms with Crippen molar-refractivity contribution in [3.63, 3.8) is 0 Å². The van der Waals surface area contributed by atoms with E-state index in [1.54, 1.807) is 0 Å². The maximum atomic E-state index is 12.6. The van der Waals surface area contributed by atoms with Gasteiger partial charge in [0.15, 0.2) is 5.69 Å². The lowest BCUT2D eigenvalue weighted by molar-refractivity contribution is -0.142. The Kier molecular flexibility index (Phi) is 4.67. The van der Waals surface area contributed by atoms with E-state index in [2.05, 4.69) is 9.72 Å². The second kappa shape index (κ2) is 5.68. The molecule has 0 amide bonds. The molecule has 9 heteroatoms. The van der Waals surface area contributed by atoms with Gasteiger partial charge < -0.3 is 4.74 Å². The van der Waals surface area contributed by atoms with Crippen LogP contribution < -0.4 is 0 Å². The summed E-state index contributed by atoms with van der Waals surface area (Å²) in [5.41, 5.74) is -3.16. The predicted molar refractivity (Wildman–Crippen MR) is 54.9 cm³/mol. The van der Waals surface area contributed by atoms with E-state index in [9.17, 15) is 26.7 Å². The highest BCUT2D eigenvalue weighted by Crippen LogP contribution is 2.36. The summed E-state index contributed by atoms with van der Waals surface area (Å²) in [6, 6.07) is 0.652. The number of halogens is 6. The number of hydrogen-bond acceptors (Lipinski definition) is 3. The number of pyridine rings is 1. The van der Waals surface area contributed by atoms with E-state index in [1.165, 1.54) is 0 Å². The molecule has 19 heavy (non-hydrogen) atoms. The van der Waals surface area contributed by atoms with Gasteiger partial charge in [-0.2, -0.15) is 13.2 Å². The number of esters is 1. The smallest absolute Gasteiger partial charge is 0.434 e. The third kappa shape index (κ3) is 3.76. The van der Waals surface area contributed by atoms with Gasteiger partial charge in [0.05, 0.1) is 18.6 Å². The summed E-state index contributed by atoms with van der Waals surface area (Å²) < 4.78 is 67.0. The van der Waals surface area contributed by atoms with Gasteiger partial charge in [0.1, 0.15) is 5.69 Å². The molecule has 1 rings (SSSR count). The van der Waals surface area contributed by atoms with Crippen LogP contribution in [0.15, 0.2) is 6.07 Å². The first-order valence-electron chi connectivity index (χ1n) is 4.78. The summed E-state index contributed by atoms with van der Waals surface area (Å²) in [7, 11) is 1.01. The summed E-state index contributed by atoms with van der Waals surface area (Å²) in [4.78, 5) is 13.8. The number of ether oxygens (including phenoxy) is 1. The first-order chi connectivity index (χ1) is 8.66. The van der Waals surface area contributed by atoms with Crippen molar-refractivity contribution in [2.24, 2.45) is 0 Å². The first-order valence-corrected chi connectivity index (χ1v) is 5.16. The quantitative estimate of drug-likeness (QED) is 0.634. The van der Waals surface area contributed by atoms with Gasteiger partial charge in [-0.05, 0) is 11.6 Å². The van der Waals surface area contributed by atoms with E-state index in [0.29, 0.717) is 6.07 Å². The van der Waals surface area contributed by atoms with Crippen LogP contribution >= 0.6 is 11.6 Å². The molecule has 0 bridgehead atoms. The Bertz CT molecular complexity index is 490. The molecule has 106 valence electrons. The minimum Gasteiger partial charge on any atom is -0.469 e. The molecule has 0 saturated carbocycles. The zero-order chi connectivity index (χ0) is 14.8. The molecule has 1 heterocycles. The monoisotopic (exact) mass is 303 g/mol. The Hall–Kier alpha value is -1.44. The van der Waals surface area contributed by atoms with Crippen LogP contribution in [0.25, 0.3) is 0 Å². The van der Waals surface area contributed by atoms with Gasteiger partial charge in [-0.15, -0.1) is 0 Å². The molecule has 1 aromatic rings. The van der Waals surface area contributed by atoms with Crippen LogP contribution in [0.2, 0.25) is 5.02 Å². The number of rotatable bonds is 3. The summed E-state index contributed by atoms with van der Waals surface area (Å²) in [5.74, 6) is -0.901. The highest BCUT2D eigenvalue weighted by molar-refractivity contribution is 6.32. The van der Waals surface area contributed by atoms with Crippen LogP contribution in [0.4, 0.5) is 22.0 Å². The van der Waals surface area contributed by atoms with E-state index in [4.69, 9.17) is 11.6 Å². The molecule has 0 aliphatic rings.